The molecule has 4 aliphatic rings. The molecule has 2 atom stereocenters. The van der Waals surface area contributed by atoms with Crippen LogP contribution in [0.3, 0.4) is 0 Å². The largest absolute Gasteiger partial charge is 0.384 e. The fourth-order valence-electron chi connectivity index (χ4n) is 7.00. The summed E-state index contributed by atoms with van der Waals surface area (Å²) in [6.07, 6.45) is 7.20. The number of piperazine rings is 2. The number of hydrogen-bond donors (Lipinski definition) is 2. The number of aryl methyl sites for hydroxylation is 2. The van der Waals surface area contributed by atoms with Crippen molar-refractivity contribution in [2.45, 2.75) is 38.0 Å². The molecule has 0 aliphatic carbocycles. The van der Waals surface area contributed by atoms with Crippen LogP contribution in [0.1, 0.15) is 13.8 Å². The number of aromatic nitrogens is 4. The molecule has 296 valence electrons. The van der Waals surface area contributed by atoms with Crippen molar-refractivity contribution in [3.63, 3.8) is 0 Å². The van der Waals surface area contributed by atoms with Gasteiger partial charge in [-0.15, -0.1) is 0 Å². The number of nitrogens with zero attached hydrogens (tertiary/aromatic N) is 8. The monoisotopic (exact) mass is 946 g/mol. The first kappa shape index (κ1) is 41.3. The predicted molar refractivity (Wildman–Crippen MR) is 229 cm³/mol. The Hall–Kier alpha value is -3.32. The lowest BCUT2D eigenvalue weighted by molar-refractivity contribution is -0.0691. The van der Waals surface area contributed by atoms with Crippen LogP contribution in [-0.2, 0) is 23.6 Å². The Morgan fingerprint density at radius 2 is 1.22 bits per heavy atom. The van der Waals surface area contributed by atoms with E-state index in [9.17, 15) is 9.59 Å². The minimum Gasteiger partial charge on any atom is -0.384 e. The minimum absolute atomic E-state index is 0.0248. The molecule has 0 aromatic carbocycles. The van der Waals surface area contributed by atoms with E-state index in [-0.39, 0.29) is 11.1 Å². The van der Waals surface area contributed by atoms with Gasteiger partial charge in [0.2, 0.25) is 0 Å². The second kappa shape index (κ2) is 18.7. The third-order valence-electron chi connectivity index (χ3n) is 10.3. The van der Waals surface area contributed by atoms with E-state index in [1.54, 1.807) is 38.6 Å². The quantitative estimate of drug-likeness (QED) is 0.278. The van der Waals surface area contributed by atoms with Crippen molar-refractivity contribution in [2.24, 2.45) is 14.1 Å². The minimum atomic E-state index is -0.0891. The number of anilines is 5. The first-order valence-corrected chi connectivity index (χ1v) is 20.7. The summed E-state index contributed by atoms with van der Waals surface area (Å²) in [5.74, 6) is 1.24. The summed E-state index contributed by atoms with van der Waals surface area (Å²) in [6, 6.07) is 13.6. The highest BCUT2D eigenvalue weighted by molar-refractivity contribution is 9.11. The average molecular weight is 950 g/mol. The zero-order valence-corrected chi connectivity index (χ0v) is 36.3. The number of halogens is 3. The van der Waals surface area contributed by atoms with E-state index in [0.717, 1.165) is 80.3 Å². The van der Waals surface area contributed by atoms with Gasteiger partial charge in [-0.2, -0.15) is 0 Å². The lowest BCUT2D eigenvalue weighted by atomic mass is 10.1. The highest BCUT2D eigenvalue weighted by Gasteiger charge is 2.33. The highest BCUT2D eigenvalue weighted by Crippen LogP contribution is 2.25. The van der Waals surface area contributed by atoms with Gasteiger partial charge >= 0.3 is 0 Å². The van der Waals surface area contributed by atoms with E-state index < -0.39 is 0 Å². The van der Waals surface area contributed by atoms with Crippen molar-refractivity contribution < 1.29 is 9.47 Å². The highest BCUT2D eigenvalue weighted by atomic mass is 79.9. The van der Waals surface area contributed by atoms with E-state index in [1.165, 1.54) is 14.8 Å². The lowest BCUT2D eigenvalue weighted by Gasteiger charge is -2.46. The molecular weight excluding hydrogens is 900 g/mol. The molecular formula is C38H49Br3N10O4. The van der Waals surface area contributed by atoms with E-state index >= 15 is 0 Å². The maximum absolute atomic E-state index is 12.2. The molecule has 4 fully saturated rings. The van der Waals surface area contributed by atoms with Crippen molar-refractivity contribution in [1.29, 1.82) is 0 Å². The Labute approximate surface area is 347 Å². The second-order valence-electron chi connectivity index (χ2n) is 14.3. The van der Waals surface area contributed by atoms with E-state index in [1.807, 2.05) is 24.5 Å². The van der Waals surface area contributed by atoms with Crippen LogP contribution in [0.5, 0.6) is 0 Å². The SMILES string of the molecule is C[C@H]1CN(C2COC2)CCN1c1ccc(N)nc1.C[C@H]1CN(C2COC2)CCN1c1ccc(Nc2cc(Br)cn(C)c2=O)nc1.Cn1cc(Br)cc(Br)c1=O. The molecule has 8 rings (SSSR count). The van der Waals surface area contributed by atoms with Gasteiger partial charge in [0, 0.05) is 86.8 Å². The first-order chi connectivity index (χ1) is 26.4. The third-order valence-corrected chi connectivity index (χ3v) is 11.7. The standard InChI is InChI=1S/C19H24BrN5O2.C13H20N4O.C6H5Br2NO/c1-13-9-24(16-11-27-12-16)5-6-25(13)15-3-4-18(21-8-15)22-17-7-14(20)10-23(2)19(17)26;1-10-7-16(12-8-18-9-12)4-5-17(10)11-2-3-13(14)15-6-11;1-9-3-4(7)2-5(8)6(9)10/h3-4,7-8,10,13,16H,5-6,9,11-12H2,1-2H3,(H,21,22);2-3,6,10,12H,4-5,7-9H2,1H3,(H2,14,15);2-3H,1H3/t13-;10-;/m00./s1. The molecule has 0 saturated carbocycles. The van der Waals surface area contributed by atoms with Crippen LogP contribution in [-0.4, -0.2) is 119 Å². The molecule has 55 heavy (non-hydrogen) atoms. The summed E-state index contributed by atoms with van der Waals surface area (Å²) >= 11 is 9.81. The number of pyridine rings is 4. The molecule has 4 aromatic heterocycles. The molecule has 0 amide bonds. The van der Waals surface area contributed by atoms with Crippen LogP contribution >= 0.6 is 47.8 Å². The number of rotatable bonds is 6. The second-order valence-corrected chi connectivity index (χ2v) is 17.0. The molecule has 14 nitrogen and oxygen atoms in total. The number of hydrogen-bond acceptors (Lipinski definition) is 12. The maximum Gasteiger partial charge on any atom is 0.274 e. The Morgan fingerprint density at radius 1 is 0.709 bits per heavy atom. The number of nitrogen functional groups attached to an aromatic ring is 1. The zero-order chi connectivity index (χ0) is 39.2. The van der Waals surface area contributed by atoms with Crippen LogP contribution in [0.2, 0.25) is 0 Å². The van der Waals surface area contributed by atoms with Crippen LogP contribution in [0.15, 0.2) is 84.2 Å². The third kappa shape index (κ3) is 10.6. The predicted octanol–water partition coefficient (Wildman–Crippen LogP) is 4.68. The Kier molecular flexibility index (Phi) is 14.1. The summed E-state index contributed by atoms with van der Waals surface area (Å²) in [5.41, 5.74) is 8.29. The summed E-state index contributed by atoms with van der Waals surface area (Å²) in [6.45, 7) is 14.4. The number of ether oxygens (including phenoxy) is 2. The van der Waals surface area contributed by atoms with Crippen molar-refractivity contribution in [1.82, 2.24) is 28.9 Å². The van der Waals surface area contributed by atoms with Gasteiger partial charge in [0.1, 0.15) is 17.3 Å². The topological polar surface area (TPSA) is 139 Å². The van der Waals surface area contributed by atoms with Crippen molar-refractivity contribution in [2.75, 3.05) is 86.5 Å². The van der Waals surface area contributed by atoms with Crippen LogP contribution in [0, 0.1) is 0 Å². The summed E-state index contributed by atoms with van der Waals surface area (Å²) < 4.78 is 15.9. The van der Waals surface area contributed by atoms with Gasteiger partial charge in [0.05, 0.1) is 66.8 Å². The van der Waals surface area contributed by atoms with Crippen molar-refractivity contribution in [3.05, 3.63) is 95.3 Å². The number of nitrogens with two attached hydrogens (primary N) is 1. The van der Waals surface area contributed by atoms with Crippen LogP contribution in [0.25, 0.3) is 0 Å². The van der Waals surface area contributed by atoms with Gasteiger partial charge in [-0.25, -0.2) is 9.97 Å². The maximum atomic E-state index is 12.2. The van der Waals surface area contributed by atoms with E-state index in [2.05, 4.69) is 109 Å². The average Bonchev–Trinajstić information content (AvgIpc) is 3.10. The molecule has 4 saturated heterocycles. The number of nitrogens with one attached hydrogen (secondary N) is 1. The molecule has 0 bridgehead atoms. The van der Waals surface area contributed by atoms with E-state index in [4.69, 9.17) is 15.2 Å². The van der Waals surface area contributed by atoms with Gasteiger partial charge in [0.25, 0.3) is 11.1 Å². The summed E-state index contributed by atoms with van der Waals surface area (Å²) in [4.78, 5) is 41.8. The Bertz CT molecular complexity index is 1980. The van der Waals surface area contributed by atoms with Gasteiger partial charge in [0.15, 0.2) is 0 Å². The van der Waals surface area contributed by atoms with E-state index in [0.29, 0.717) is 46.0 Å². The molecule has 4 aliphatic heterocycles. The summed E-state index contributed by atoms with van der Waals surface area (Å²) in [7, 11) is 3.43. The van der Waals surface area contributed by atoms with Gasteiger partial charge in [-0.3, -0.25) is 19.4 Å². The van der Waals surface area contributed by atoms with Gasteiger partial charge < -0.3 is 39.5 Å². The lowest BCUT2D eigenvalue weighted by Crippen LogP contribution is -2.59. The fourth-order valence-corrected chi connectivity index (χ4v) is 8.90. The molecule has 0 spiro atoms. The van der Waals surface area contributed by atoms with Crippen molar-refractivity contribution in [3.8, 4) is 0 Å². The van der Waals surface area contributed by atoms with Gasteiger partial charge in [-0.1, -0.05) is 0 Å². The molecule has 17 heteroatoms. The summed E-state index contributed by atoms with van der Waals surface area (Å²) in [5, 5.41) is 3.12. The van der Waals surface area contributed by atoms with Crippen LogP contribution in [0.4, 0.5) is 28.7 Å². The smallest absolute Gasteiger partial charge is 0.274 e. The molecule has 3 N–H and O–H groups in total. The molecule has 0 radical (unpaired) electrons. The van der Waals surface area contributed by atoms with Crippen LogP contribution < -0.4 is 32.0 Å². The Morgan fingerprint density at radius 3 is 1.65 bits per heavy atom. The first-order valence-electron chi connectivity index (χ1n) is 18.4. The molecule has 4 aromatic rings. The zero-order valence-electron chi connectivity index (χ0n) is 31.6. The Balaban J connectivity index is 0.000000157. The normalized spacial score (nSPS) is 20.7. The molecule has 0 unspecified atom stereocenters. The molecule has 8 heterocycles. The van der Waals surface area contributed by atoms with Gasteiger partial charge in [-0.05, 0) is 98.0 Å². The fraction of sp³-hybridized carbons (Fsp3) is 0.474. The van der Waals surface area contributed by atoms with Crippen molar-refractivity contribution >= 4 is 76.5 Å².